The third-order valence-electron chi connectivity index (χ3n) is 3.17. The molecule has 0 saturated heterocycles. The molecule has 19 heavy (non-hydrogen) atoms. The van der Waals surface area contributed by atoms with Gasteiger partial charge in [-0.3, -0.25) is 0 Å². The lowest BCUT2D eigenvalue weighted by Gasteiger charge is -2.16. The molecule has 102 valence electrons. The van der Waals surface area contributed by atoms with E-state index in [9.17, 15) is 0 Å². The molecule has 0 aliphatic rings. The third kappa shape index (κ3) is 5.13. The molecule has 1 aromatic heterocycles. The van der Waals surface area contributed by atoms with E-state index in [0.29, 0.717) is 5.92 Å². The monoisotopic (exact) mass is 274 g/mol. The van der Waals surface area contributed by atoms with Crippen molar-refractivity contribution in [2.45, 2.75) is 26.2 Å². The minimum atomic E-state index is 0.625. The molecule has 2 aromatic rings. The first-order valence-corrected chi connectivity index (χ1v) is 7.89. The summed E-state index contributed by atoms with van der Waals surface area (Å²) in [7, 11) is 0. The molecule has 1 N–H and O–H groups in total. The second kappa shape index (κ2) is 8.08. The number of benzene rings is 1. The zero-order valence-corrected chi connectivity index (χ0v) is 12.3. The molecule has 0 saturated carbocycles. The summed E-state index contributed by atoms with van der Waals surface area (Å²) in [5, 5.41) is 6.86. The number of rotatable bonds is 8. The molecule has 3 heteroatoms. The summed E-state index contributed by atoms with van der Waals surface area (Å²) in [4.78, 5) is 4.42. The normalized spacial score (nSPS) is 12.5. The molecule has 0 amide bonds. The highest BCUT2D eigenvalue weighted by Gasteiger charge is 2.12. The SMILES string of the molecule is CCCNCC(Cc1ccccc1)Cc1nccs1. The fourth-order valence-electron chi connectivity index (χ4n) is 2.25. The van der Waals surface area contributed by atoms with Crippen LogP contribution < -0.4 is 5.32 Å². The minimum Gasteiger partial charge on any atom is -0.316 e. The number of nitrogens with zero attached hydrogens (tertiary/aromatic N) is 1. The van der Waals surface area contributed by atoms with E-state index in [2.05, 4.69) is 52.9 Å². The highest BCUT2D eigenvalue weighted by atomic mass is 32.1. The summed E-state index contributed by atoms with van der Waals surface area (Å²) in [5.41, 5.74) is 1.42. The number of hydrogen-bond donors (Lipinski definition) is 1. The topological polar surface area (TPSA) is 24.9 Å². The molecule has 1 unspecified atom stereocenters. The molecule has 0 spiro atoms. The van der Waals surface area contributed by atoms with Crippen LogP contribution in [0.3, 0.4) is 0 Å². The molecule has 0 radical (unpaired) electrons. The van der Waals surface area contributed by atoms with E-state index in [1.165, 1.54) is 17.0 Å². The third-order valence-corrected chi connectivity index (χ3v) is 3.98. The van der Waals surface area contributed by atoms with Gasteiger partial charge in [-0.25, -0.2) is 4.98 Å². The molecule has 0 bridgehead atoms. The maximum atomic E-state index is 4.42. The van der Waals surface area contributed by atoms with Gasteiger partial charge in [0.2, 0.25) is 0 Å². The lowest BCUT2D eigenvalue weighted by atomic mass is 9.96. The first-order valence-electron chi connectivity index (χ1n) is 7.01. The van der Waals surface area contributed by atoms with Crippen molar-refractivity contribution in [1.29, 1.82) is 0 Å². The van der Waals surface area contributed by atoms with Crippen molar-refractivity contribution >= 4 is 11.3 Å². The van der Waals surface area contributed by atoms with Crippen LogP contribution in [0.4, 0.5) is 0 Å². The molecule has 1 heterocycles. The second-order valence-corrected chi connectivity index (χ2v) is 5.87. The van der Waals surface area contributed by atoms with E-state index in [4.69, 9.17) is 0 Å². The Labute approximate surface area is 119 Å². The summed E-state index contributed by atoms with van der Waals surface area (Å²) in [6.45, 7) is 4.38. The minimum absolute atomic E-state index is 0.625. The van der Waals surface area contributed by atoms with Gasteiger partial charge < -0.3 is 5.32 Å². The standard InChI is InChI=1S/C16H22N2S/c1-2-8-17-13-15(12-16-18-9-10-19-16)11-14-6-4-3-5-7-14/h3-7,9-10,15,17H,2,8,11-13H2,1H3. The quantitative estimate of drug-likeness (QED) is 0.745. The smallest absolute Gasteiger partial charge is 0.0928 e. The van der Waals surface area contributed by atoms with Crippen LogP contribution in [0.5, 0.6) is 0 Å². The lowest BCUT2D eigenvalue weighted by Crippen LogP contribution is -2.26. The Morgan fingerprint density at radius 3 is 2.74 bits per heavy atom. The van der Waals surface area contributed by atoms with Gasteiger partial charge >= 0.3 is 0 Å². The Morgan fingerprint density at radius 1 is 1.21 bits per heavy atom. The molecule has 1 aromatic carbocycles. The van der Waals surface area contributed by atoms with Gasteiger partial charge in [0.1, 0.15) is 0 Å². The van der Waals surface area contributed by atoms with E-state index in [-0.39, 0.29) is 0 Å². The lowest BCUT2D eigenvalue weighted by molar-refractivity contribution is 0.470. The fraction of sp³-hybridized carbons (Fsp3) is 0.438. The number of aromatic nitrogens is 1. The van der Waals surface area contributed by atoms with Crippen LogP contribution in [0, 0.1) is 5.92 Å². The first kappa shape index (κ1) is 14.2. The Hall–Kier alpha value is -1.19. The van der Waals surface area contributed by atoms with Crippen molar-refractivity contribution in [1.82, 2.24) is 10.3 Å². The number of nitrogens with one attached hydrogen (secondary N) is 1. The number of thiazole rings is 1. The molecule has 0 fully saturated rings. The first-order chi connectivity index (χ1) is 9.38. The van der Waals surface area contributed by atoms with Gasteiger partial charge in [-0.05, 0) is 37.4 Å². The Kier molecular flexibility index (Phi) is 6.05. The summed E-state index contributed by atoms with van der Waals surface area (Å²) >= 11 is 1.76. The van der Waals surface area contributed by atoms with Gasteiger partial charge in [0, 0.05) is 18.0 Å². The summed E-state index contributed by atoms with van der Waals surface area (Å²) in [6, 6.07) is 10.8. The van der Waals surface area contributed by atoms with Crippen molar-refractivity contribution in [2.75, 3.05) is 13.1 Å². The van der Waals surface area contributed by atoms with Crippen LogP contribution in [-0.4, -0.2) is 18.1 Å². The van der Waals surface area contributed by atoms with Crippen LogP contribution in [0.1, 0.15) is 23.9 Å². The van der Waals surface area contributed by atoms with E-state index in [1.807, 2.05) is 6.20 Å². The second-order valence-electron chi connectivity index (χ2n) is 4.89. The van der Waals surface area contributed by atoms with Crippen LogP contribution >= 0.6 is 11.3 Å². The van der Waals surface area contributed by atoms with E-state index in [1.54, 1.807) is 11.3 Å². The number of hydrogen-bond acceptors (Lipinski definition) is 3. The zero-order valence-electron chi connectivity index (χ0n) is 11.5. The Morgan fingerprint density at radius 2 is 2.05 bits per heavy atom. The van der Waals surface area contributed by atoms with Crippen molar-refractivity contribution in [3.63, 3.8) is 0 Å². The average Bonchev–Trinajstić information content (AvgIpc) is 2.93. The molecule has 0 aliphatic heterocycles. The van der Waals surface area contributed by atoms with Gasteiger partial charge in [-0.15, -0.1) is 11.3 Å². The van der Waals surface area contributed by atoms with Gasteiger partial charge in [0.15, 0.2) is 0 Å². The summed E-state index contributed by atoms with van der Waals surface area (Å²) < 4.78 is 0. The fourth-order valence-corrected chi connectivity index (χ4v) is 2.98. The van der Waals surface area contributed by atoms with Crippen molar-refractivity contribution in [3.8, 4) is 0 Å². The van der Waals surface area contributed by atoms with E-state index < -0.39 is 0 Å². The average molecular weight is 274 g/mol. The van der Waals surface area contributed by atoms with Gasteiger partial charge in [0.25, 0.3) is 0 Å². The molecular formula is C16H22N2S. The maximum absolute atomic E-state index is 4.42. The highest BCUT2D eigenvalue weighted by Crippen LogP contribution is 2.16. The molecule has 2 rings (SSSR count). The Bertz CT molecular complexity index is 439. The maximum Gasteiger partial charge on any atom is 0.0928 e. The van der Waals surface area contributed by atoms with Crippen LogP contribution in [0.25, 0.3) is 0 Å². The van der Waals surface area contributed by atoms with Crippen LogP contribution in [-0.2, 0) is 12.8 Å². The summed E-state index contributed by atoms with van der Waals surface area (Å²) in [5.74, 6) is 0.625. The van der Waals surface area contributed by atoms with Crippen LogP contribution in [0.2, 0.25) is 0 Å². The summed E-state index contributed by atoms with van der Waals surface area (Å²) in [6.07, 6.45) is 5.29. The zero-order chi connectivity index (χ0) is 13.3. The highest BCUT2D eigenvalue weighted by molar-refractivity contribution is 7.09. The van der Waals surface area contributed by atoms with Gasteiger partial charge in [-0.2, -0.15) is 0 Å². The van der Waals surface area contributed by atoms with Gasteiger partial charge in [-0.1, -0.05) is 37.3 Å². The van der Waals surface area contributed by atoms with Crippen molar-refractivity contribution in [2.24, 2.45) is 5.92 Å². The molecule has 0 aliphatic carbocycles. The van der Waals surface area contributed by atoms with E-state index in [0.717, 1.165) is 25.9 Å². The molecule has 2 nitrogen and oxygen atoms in total. The van der Waals surface area contributed by atoms with Crippen molar-refractivity contribution < 1.29 is 0 Å². The van der Waals surface area contributed by atoms with Crippen molar-refractivity contribution in [3.05, 3.63) is 52.5 Å². The molecular weight excluding hydrogens is 252 g/mol. The predicted octanol–water partition coefficient (Wildman–Crippen LogP) is 3.54. The largest absolute Gasteiger partial charge is 0.316 e. The predicted molar refractivity (Wildman–Crippen MR) is 82.6 cm³/mol. The molecule has 1 atom stereocenters. The van der Waals surface area contributed by atoms with Crippen LogP contribution in [0.15, 0.2) is 41.9 Å². The van der Waals surface area contributed by atoms with E-state index >= 15 is 0 Å². The van der Waals surface area contributed by atoms with Gasteiger partial charge in [0.05, 0.1) is 5.01 Å². The Balaban J connectivity index is 1.93.